The summed E-state index contributed by atoms with van der Waals surface area (Å²) < 4.78 is 34.8. The summed E-state index contributed by atoms with van der Waals surface area (Å²) in [6.45, 7) is 8.59. The Balaban J connectivity index is 2.51. The van der Waals surface area contributed by atoms with Gasteiger partial charge in [-0.1, -0.05) is 108 Å². The normalized spacial score (nSPS) is 13.4. The van der Waals surface area contributed by atoms with Crippen LogP contribution in [0.1, 0.15) is 116 Å². The molecule has 0 saturated carbocycles. The maximum Gasteiger partial charge on any atom is 0.115 e. The molecule has 4 nitrogen and oxygen atoms in total. The third-order valence-electron chi connectivity index (χ3n) is 7.22. The molecule has 0 aliphatic heterocycles. The second-order valence-corrected chi connectivity index (χ2v) is 11.0. The average molecular weight is 468 g/mol. The van der Waals surface area contributed by atoms with E-state index in [1.807, 2.05) is 6.07 Å². The SMILES string of the molecule is CCCCCCCCCCCCCCC(c1ccccc1)[N+](CC)(CC)CCS(=O)(=O)[O-]. The van der Waals surface area contributed by atoms with E-state index in [1.54, 1.807) is 0 Å². The highest BCUT2D eigenvalue weighted by Gasteiger charge is 2.35. The van der Waals surface area contributed by atoms with Crippen molar-refractivity contribution in [2.24, 2.45) is 0 Å². The predicted molar refractivity (Wildman–Crippen MR) is 136 cm³/mol. The monoisotopic (exact) mass is 467 g/mol. The van der Waals surface area contributed by atoms with E-state index in [0.29, 0.717) is 11.0 Å². The molecule has 0 fully saturated rings. The Morgan fingerprint density at radius 2 is 1.22 bits per heavy atom. The Hall–Kier alpha value is -0.910. The van der Waals surface area contributed by atoms with Crippen LogP contribution >= 0.6 is 0 Å². The molecule has 0 bridgehead atoms. The zero-order valence-electron chi connectivity index (χ0n) is 21.1. The van der Waals surface area contributed by atoms with Gasteiger partial charge in [-0.05, 0) is 20.3 Å². The van der Waals surface area contributed by atoms with Crippen LogP contribution in [-0.2, 0) is 10.1 Å². The molecule has 0 aromatic heterocycles. The lowest BCUT2D eigenvalue weighted by molar-refractivity contribution is -0.952. The highest BCUT2D eigenvalue weighted by Crippen LogP contribution is 2.33. The van der Waals surface area contributed by atoms with Crippen LogP contribution in [0.5, 0.6) is 0 Å². The summed E-state index contributed by atoms with van der Waals surface area (Å²) >= 11 is 0. The molecule has 0 saturated heterocycles. The second kappa shape index (κ2) is 16.7. The van der Waals surface area contributed by atoms with E-state index in [0.717, 1.165) is 25.9 Å². The van der Waals surface area contributed by atoms with Crippen LogP contribution in [0.4, 0.5) is 0 Å². The number of hydrogen-bond acceptors (Lipinski definition) is 3. The van der Waals surface area contributed by atoms with Crippen LogP contribution in [0.3, 0.4) is 0 Å². The Labute approximate surface area is 199 Å². The standard InChI is InChI=1S/C27H49NO3S/c1-4-7-8-9-10-11-12-13-14-15-16-20-23-27(26-21-18-17-19-22-26)28(5-2,6-3)24-25-32(29,30)31/h17-19,21-22,27H,4-16,20,23-25H2,1-3H3. The first-order valence-electron chi connectivity index (χ1n) is 13.2. The summed E-state index contributed by atoms with van der Waals surface area (Å²) in [7, 11) is -4.21. The third-order valence-corrected chi connectivity index (χ3v) is 7.91. The molecule has 1 atom stereocenters. The maximum absolute atomic E-state index is 11.4. The number of nitrogens with zero attached hydrogens (tertiary/aromatic N) is 1. The van der Waals surface area contributed by atoms with Gasteiger partial charge in [0.2, 0.25) is 0 Å². The van der Waals surface area contributed by atoms with Crippen LogP contribution in [0.15, 0.2) is 30.3 Å². The first-order chi connectivity index (χ1) is 15.4. The van der Waals surface area contributed by atoms with Gasteiger partial charge in [0.1, 0.15) is 16.2 Å². The van der Waals surface area contributed by atoms with Crippen molar-refractivity contribution in [1.29, 1.82) is 0 Å². The number of unbranched alkanes of at least 4 members (excludes halogenated alkanes) is 11. The van der Waals surface area contributed by atoms with Crippen LogP contribution in [-0.4, -0.2) is 42.8 Å². The van der Waals surface area contributed by atoms with E-state index in [2.05, 4.69) is 45.0 Å². The molecule has 1 aromatic carbocycles. The van der Waals surface area contributed by atoms with Gasteiger partial charge >= 0.3 is 0 Å². The molecular formula is C27H49NO3S. The van der Waals surface area contributed by atoms with E-state index >= 15 is 0 Å². The minimum absolute atomic E-state index is 0.246. The minimum atomic E-state index is -4.21. The van der Waals surface area contributed by atoms with Crippen LogP contribution in [0.25, 0.3) is 0 Å². The molecule has 0 radical (unpaired) electrons. The van der Waals surface area contributed by atoms with E-state index in [9.17, 15) is 13.0 Å². The summed E-state index contributed by atoms with van der Waals surface area (Å²) in [6, 6.07) is 10.7. The van der Waals surface area contributed by atoms with Crippen molar-refractivity contribution in [2.75, 3.05) is 25.4 Å². The topological polar surface area (TPSA) is 57.2 Å². The molecule has 0 aliphatic carbocycles. The first-order valence-corrected chi connectivity index (χ1v) is 14.8. The van der Waals surface area contributed by atoms with E-state index in [-0.39, 0.29) is 11.8 Å². The van der Waals surface area contributed by atoms with Gasteiger partial charge < -0.3 is 9.04 Å². The van der Waals surface area contributed by atoms with E-state index in [1.165, 1.54) is 76.2 Å². The highest BCUT2D eigenvalue weighted by atomic mass is 32.2. The van der Waals surface area contributed by atoms with Gasteiger partial charge in [0.15, 0.2) is 0 Å². The molecule has 1 unspecified atom stereocenters. The average Bonchev–Trinajstić information content (AvgIpc) is 2.79. The van der Waals surface area contributed by atoms with Gasteiger partial charge in [-0.2, -0.15) is 0 Å². The maximum atomic E-state index is 11.4. The minimum Gasteiger partial charge on any atom is -0.748 e. The third kappa shape index (κ3) is 11.8. The summed E-state index contributed by atoms with van der Waals surface area (Å²) in [4.78, 5) is 0. The molecule has 1 rings (SSSR count). The quantitative estimate of drug-likeness (QED) is 0.115. The second-order valence-electron chi connectivity index (χ2n) is 9.44. The molecular weight excluding hydrogens is 418 g/mol. The molecule has 0 amide bonds. The smallest absolute Gasteiger partial charge is 0.115 e. The van der Waals surface area contributed by atoms with Crippen molar-refractivity contribution in [3.63, 3.8) is 0 Å². The van der Waals surface area contributed by atoms with Crippen molar-refractivity contribution in [1.82, 2.24) is 0 Å². The molecule has 0 spiro atoms. The van der Waals surface area contributed by atoms with Crippen molar-refractivity contribution < 1.29 is 17.5 Å². The fourth-order valence-electron chi connectivity index (χ4n) is 5.04. The lowest BCUT2D eigenvalue weighted by Gasteiger charge is -2.44. The Bertz CT molecular complexity index is 671. The lowest BCUT2D eigenvalue weighted by Crippen LogP contribution is -2.52. The first kappa shape index (κ1) is 29.1. The summed E-state index contributed by atoms with van der Waals surface area (Å²) in [5.74, 6) is -0.281. The molecule has 32 heavy (non-hydrogen) atoms. The van der Waals surface area contributed by atoms with Crippen molar-refractivity contribution >= 4 is 10.1 Å². The van der Waals surface area contributed by atoms with Crippen LogP contribution in [0.2, 0.25) is 0 Å². The highest BCUT2D eigenvalue weighted by molar-refractivity contribution is 7.85. The van der Waals surface area contributed by atoms with Crippen LogP contribution < -0.4 is 0 Å². The molecule has 1 aromatic rings. The molecule has 186 valence electrons. The van der Waals surface area contributed by atoms with Crippen molar-refractivity contribution in [2.45, 2.75) is 110 Å². The van der Waals surface area contributed by atoms with Crippen molar-refractivity contribution in [3.05, 3.63) is 35.9 Å². The zero-order valence-corrected chi connectivity index (χ0v) is 21.9. The van der Waals surface area contributed by atoms with Gasteiger partial charge in [-0.25, -0.2) is 8.42 Å². The largest absolute Gasteiger partial charge is 0.748 e. The number of hydrogen-bond donors (Lipinski definition) is 0. The predicted octanol–water partition coefficient (Wildman–Crippen LogP) is 7.22. The van der Waals surface area contributed by atoms with Gasteiger partial charge in [0, 0.05) is 12.0 Å². The number of quaternary nitrogens is 1. The Morgan fingerprint density at radius 1 is 0.750 bits per heavy atom. The zero-order chi connectivity index (χ0) is 23.7. The van der Waals surface area contributed by atoms with Gasteiger partial charge in [-0.3, -0.25) is 0 Å². The summed E-state index contributed by atoms with van der Waals surface area (Å²) in [6.07, 6.45) is 17.0. The Kier molecular flexibility index (Phi) is 15.2. The van der Waals surface area contributed by atoms with E-state index in [4.69, 9.17) is 0 Å². The summed E-state index contributed by atoms with van der Waals surface area (Å²) in [5, 5.41) is 0. The molecule has 5 heteroatoms. The molecule has 0 aliphatic rings. The van der Waals surface area contributed by atoms with Gasteiger partial charge in [0.25, 0.3) is 0 Å². The van der Waals surface area contributed by atoms with Gasteiger partial charge in [-0.15, -0.1) is 0 Å². The molecule has 0 N–H and O–H groups in total. The number of benzene rings is 1. The number of rotatable bonds is 20. The van der Waals surface area contributed by atoms with Crippen molar-refractivity contribution in [3.8, 4) is 0 Å². The lowest BCUT2D eigenvalue weighted by atomic mass is 9.95. The fourth-order valence-corrected chi connectivity index (χ4v) is 5.63. The fraction of sp³-hybridized carbons (Fsp3) is 0.778. The van der Waals surface area contributed by atoms with E-state index < -0.39 is 10.1 Å². The summed E-state index contributed by atoms with van der Waals surface area (Å²) in [5.41, 5.74) is 1.27. The Morgan fingerprint density at radius 3 is 1.66 bits per heavy atom. The van der Waals surface area contributed by atoms with Gasteiger partial charge in [0.05, 0.1) is 25.4 Å². The van der Waals surface area contributed by atoms with Crippen LogP contribution in [0, 0.1) is 0 Å². The molecule has 0 heterocycles.